The second-order valence-corrected chi connectivity index (χ2v) is 6.05. The SMILES string of the molecule is CN(C)S(=O)(=O)c1ccccc1NCCC(N)=O. The first-order valence-electron chi connectivity index (χ1n) is 5.39. The smallest absolute Gasteiger partial charge is 0.244 e. The van der Waals surface area contributed by atoms with Crippen molar-refractivity contribution in [1.82, 2.24) is 4.31 Å². The first-order valence-corrected chi connectivity index (χ1v) is 6.83. The predicted octanol–water partition coefficient (Wildman–Crippen LogP) is 0.224. The van der Waals surface area contributed by atoms with Gasteiger partial charge in [0, 0.05) is 27.1 Å². The van der Waals surface area contributed by atoms with Crippen molar-refractivity contribution in [2.24, 2.45) is 5.73 Å². The second kappa shape index (κ2) is 5.83. The highest BCUT2D eigenvalue weighted by atomic mass is 32.2. The first-order chi connectivity index (χ1) is 8.35. The minimum absolute atomic E-state index is 0.149. The van der Waals surface area contributed by atoms with E-state index in [1.165, 1.54) is 20.2 Å². The van der Waals surface area contributed by atoms with E-state index in [0.29, 0.717) is 12.2 Å². The molecule has 1 amide bonds. The number of hydrogen-bond donors (Lipinski definition) is 2. The molecule has 7 heteroatoms. The number of nitrogens with two attached hydrogens (primary N) is 1. The van der Waals surface area contributed by atoms with Crippen molar-refractivity contribution in [2.45, 2.75) is 11.3 Å². The van der Waals surface area contributed by atoms with Crippen LogP contribution in [0.5, 0.6) is 0 Å². The molecule has 0 aliphatic carbocycles. The molecule has 0 aromatic heterocycles. The lowest BCUT2D eigenvalue weighted by atomic mass is 10.3. The Hall–Kier alpha value is -1.60. The van der Waals surface area contributed by atoms with Crippen LogP contribution in [-0.4, -0.2) is 39.3 Å². The average Bonchev–Trinajstić information content (AvgIpc) is 2.28. The van der Waals surface area contributed by atoms with Crippen LogP contribution in [0.3, 0.4) is 0 Å². The summed E-state index contributed by atoms with van der Waals surface area (Å²) in [5, 5.41) is 2.90. The van der Waals surface area contributed by atoms with Gasteiger partial charge in [0.05, 0.1) is 5.69 Å². The van der Waals surface area contributed by atoms with E-state index >= 15 is 0 Å². The molecule has 6 nitrogen and oxygen atoms in total. The third kappa shape index (κ3) is 3.44. The van der Waals surface area contributed by atoms with Crippen molar-refractivity contribution < 1.29 is 13.2 Å². The number of benzene rings is 1. The lowest BCUT2D eigenvalue weighted by Gasteiger charge is -2.15. The van der Waals surface area contributed by atoms with Crippen LogP contribution in [0.4, 0.5) is 5.69 Å². The van der Waals surface area contributed by atoms with Gasteiger partial charge < -0.3 is 11.1 Å². The lowest BCUT2D eigenvalue weighted by molar-refractivity contribution is -0.117. The Kier molecular flexibility index (Phi) is 4.69. The van der Waals surface area contributed by atoms with Gasteiger partial charge in [-0.25, -0.2) is 12.7 Å². The Bertz CT molecular complexity index is 526. The molecule has 0 saturated heterocycles. The fraction of sp³-hybridized carbons (Fsp3) is 0.364. The molecule has 0 radical (unpaired) electrons. The van der Waals surface area contributed by atoms with Crippen molar-refractivity contribution in [3.05, 3.63) is 24.3 Å². The van der Waals surface area contributed by atoms with Crippen molar-refractivity contribution in [3.8, 4) is 0 Å². The van der Waals surface area contributed by atoms with Gasteiger partial charge >= 0.3 is 0 Å². The molecular weight excluding hydrogens is 254 g/mol. The van der Waals surface area contributed by atoms with Crippen LogP contribution < -0.4 is 11.1 Å². The van der Waals surface area contributed by atoms with E-state index in [4.69, 9.17) is 5.73 Å². The molecular formula is C11H17N3O3S. The average molecular weight is 271 g/mol. The van der Waals surface area contributed by atoms with E-state index in [2.05, 4.69) is 5.32 Å². The Morgan fingerprint density at radius 3 is 2.50 bits per heavy atom. The van der Waals surface area contributed by atoms with Crippen LogP contribution in [-0.2, 0) is 14.8 Å². The van der Waals surface area contributed by atoms with Crippen LogP contribution >= 0.6 is 0 Å². The molecule has 1 aromatic rings. The number of carbonyl (C=O) groups is 1. The zero-order valence-electron chi connectivity index (χ0n) is 10.4. The summed E-state index contributed by atoms with van der Waals surface area (Å²) >= 11 is 0. The number of anilines is 1. The molecule has 0 spiro atoms. The fourth-order valence-corrected chi connectivity index (χ4v) is 2.42. The number of nitrogens with one attached hydrogen (secondary N) is 1. The van der Waals surface area contributed by atoms with E-state index in [-0.39, 0.29) is 11.3 Å². The first kappa shape index (κ1) is 14.5. The van der Waals surface area contributed by atoms with E-state index in [1.54, 1.807) is 18.2 Å². The Labute approximate surface area is 107 Å². The van der Waals surface area contributed by atoms with Gasteiger partial charge in [-0.05, 0) is 12.1 Å². The largest absolute Gasteiger partial charge is 0.383 e. The Balaban J connectivity index is 2.97. The van der Waals surface area contributed by atoms with Crippen molar-refractivity contribution in [1.29, 1.82) is 0 Å². The molecule has 1 rings (SSSR count). The molecule has 3 N–H and O–H groups in total. The zero-order valence-corrected chi connectivity index (χ0v) is 11.2. The number of primary amides is 1. The van der Waals surface area contributed by atoms with Crippen LogP contribution in [0.2, 0.25) is 0 Å². The number of nitrogens with zero attached hydrogens (tertiary/aromatic N) is 1. The maximum atomic E-state index is 12.0. The van der Waals surface area contributed by atoms with Gasteiger partial charge in [-0.1, -0.05) is 12.1 Å². The standard InChI is InChI=1S/C11H17N3O3S/c1-14(2)18(16,17)10-6-4-3-5-9(10)13-8-7-11(12)15/h3-6,13H,7-8H2,1-2H3,(H2,12,15). The lowest BCUT2D eigenvalue weighted by Crippen LogP contribution is -2.24. The van der Waals surface area contributed by atoms with Gasteiger partial charge in [-0.3, -0.25) is 4.79 Å². The number of hydrogen-bond acceptors (Lipinski definition) is 4. The number of carbonyl (C=O) groups excluding carboxylic acids is 1. The molecule has 0 aliphatic rings. The molecule has 0 atom stereocenters. The third-order valence-corrected chi connectivity index (χ3v) is 4.21. The number of amides is 1. The fourth-order valence-electron chi connectivity index (χ4n) is 1.35. The van der Waals surface area contributed by atoms with Gasteiger partial charge in [-0.15, -0.1) is 0 Å². The molecule has 1 aromatic carbocycles. The molecule has 0 saturated carbocycles. The van der Waals surface area contributed by atoms with E-state index < -0.39 is 15.9 Å². The summed E-state index contributed by atoms with van der Waals surface area (Å²) in [4.78, 5) is 10.8. The summed E-state index contributed by atoms with van der Waals surface area (Å²) in [7, 11) is -0.568. The minimum Gasteiger partial charge on any atom is -0.383 e. The molecule has 0 unspecified atom stereocenters. The highest BCUT2D eigenvalue weighted by Crippen LogP contribution is 2.22. The minimum atomic E-state index is -3.50. The Morgan fingerprint density at radius 1 is 1.33 bits per heavy atom. The van der Waals surface area contributed by atoms with Gasteiger partial charge in [0.2, 0.25) is 15.9 Å². The summed E-state index contributed by atoms with van der Waals surface area (Å²) in [5.74, 6) is -0.435. The molecule has 0 bridgehead atoms. The van der Waals surface area contributed by atoms with E-state index in [0.717, 1.165) is 4.31 Å². The number of para-hydroxylation sites is 1. The maximum absolute atomic E-state index is 12.0. The summed E-state index contributed by atoms with van der Waals surface area (Å²) < 4.78 is 25.2. The van der Waals surface area contributed by atoms with Crippen LogP contribution in [0, 0.1) is 0 Å². The normalized spacial score (nSPS) is 11.5. The second-order valence-electron chi connectivity index (χ2n) is 3.93. The van der Waals surface area contributed by atoms with Crippen LogP contribution in [0.25, 0.3) is 0 Å². The van der Waals surface area contributed by atoms with Crippen molar-refractivity contribution in [2.75, 3.05) is 26.0 Å². The van der Waals surface area contributed by atoms with E-state index in [9.17, 15) is 13.2 Å². The summed E-state index contributed by atoms with van der Waals surface area (Å²) in [6.07, 6.45) is 0.149. The monoisotopic (exact) mass is 271 g/mol. The van der Waals surface area contributed by atoms with Crippen molar-refractivity contribution in [3.63, 3.8) is 0 Å². The van der Waals surface area contributed by atoms with E-state index in [1.807, 2.05) is 0 Å². The highest BCUT2D eigenvalue weighted by Gasteiger charge is 2.20. The van der Waals surface area contributed by atoms with Crippen LogP contribution in [0.15, 0.2) is 29.2 Å². The summed E-state index contributed by atoms with van der Waals surface area (Å²) in [6, 6.07) is 6.54. The van der Waals surface area contributed by atoms with Crippen LogP contribution in [0.1, 0.15) is 6.42 Å². The third-order valence-electron chi connectivity index (χ3n) is 2.33. The molecule has 18 heavy (non-hydrogen) atoms. The molecule has 100 valence electrons. The molecule has 0 fully saturated rings. The van der Waals surface area contributed by atoms with Gasteiger partial charge in [-0.2, -0.15) is 0 Å². The predicted molar refractivity (Wildman–Crippen MR) is 69.6 cm³/mol. The summed E-state index contributed by atoms with van der Waals surface area (Å²) in [6.45, 7) is 0.301. The number of rotatable bonds is 6. The van der Waals surface area contributed by atoms with Gasteiger partial charge in [0.1, 0.15) is 4.90 Å². The highest BCUT2D eigenvalue weighted by molar-refractivity contribution is 7.89. The topological polar surface area (TPSA) is 92.5 Å². The summed E-state index contributed by atoms with van der Waals surface area (Å²) in [5.41, 5.74) is 5.49. The van der Waals surface area contributed by atoms with Gasteiger partial charge in [0.25, 0.3) is 0 Å². The quantitative estimate of drug-likeness (QED) is 0.774. The van der Waals surface area contributed by atoms with Gasteiger partial charge in [0.15, 0.2) is 0 Å². The molecule has 0 heterocycles. The molecule has 0 aliphatic heterocycles. The Morgan fingerprint density at radius 2 is 1.94 bits per heavy atom. The zero-order chi connectivity index (χ0) is 13.8. The maximum Gasteiger partial charge on any atom is 0.244 e. The van der Waals surface area contributed by atoms with Crippen molar-refractivity contribution >= 4 is 21.6 Å². The number of sulfonamides is 1.